The fourth-order valence-corrected chi connectivity index (χ4v) is 2.66. The Labute approximate surface area is 117 Å². The highest BCUT2D eigenvalue weighted by Crippen LogP contribution is 2.30. The van der Waals surface area contributed by atoms with Crippen LogP contribution in [0.5, 0.6) is 0 Å². The van der Waals surface area contributed by atoms with E-state index in [2.05, 4.69) is 16.9 Å². The smallest absolute Gasteiger partial charge is 0.408 e. The van der Waals surface area contributed by atoms with Crippen molar-refractivity contribution in [3.05, 3.63) is 34.3 Å². The van der Waals surface area contributed by atoms with E-state index in [-0.39, 0.29) is 0 Å². The van der Waals surface area contributed by atoms with E-state index in [9.17, 15) is 4.79 Å². The van der Waals surface area contributed by atoms with Crippen molar-refractivity contribution in [1.82, 2.24) is 9.88 Å². The number of likely N-dealkylation sites (N-methyl/N-ethyl adjacent to an activating group) is 1. The van der Waals surface area contributed by atoms with Crippen LogP contribution in [0.1, 0.15) is 18.4 Å². The van der Waals surface area contributed by atoms with Gasteiger partial charge in [-0.2, -0.15) is 0 Å². The van der Waals surface area contributed by atoms with Crippen molar-refractivity contribution in [1.29, 1.82) is 0 Å². The first-order valence-corrected chi connectivity index (χ1v) is 7.18. The molecule has 1 aromatic carbocycles. The molecule has 1 fully saturated rings. The highest BCUT2D eigenvalue weighted by molar-refractivity contribution is 5.72. The average Bonchev–Trinajstić information content (AvgIpc) is 3.14. The van der Waals surface area contributed by atoms with E-state index < -0.39 is 5.76 Å². The summed E-state index contributed by atoms with van der Waals surface area (Å²) >= 11 is 0. The van der Waals surface area contributed by atoms with Crippen molar-refractivity contribution in [3.8, 4) is 0 Å². The maximum Gasteiger partial charge on any atom is 0.417 e. The first-order valence-electron chi connectivity index (χ1n) is 7.18. The monoisotopic (exact) mass is 275 g/mol. The van der Waals surface area contributed by atoms with Gasteiger partial charge in [-0.05, 0) is 49.9 Å². The van der Waals surface area contributed by atoms with Crippen LogP contribution in [-0.2, 0) is 6.42 Å². The third-order valence-electron chi connectivity index (χ3n) is 4.10. The molecule has 0 aliphatic heterocycles. The number of rotatable bonds is 6. The van der Waals surface area contributed by atoms with Crippen LogP contribution in [0.3, 0.4) is 0 Å². The highest BCUT2D eigenvalue weighted by atomic mass is 16.4. The molecule has 1 aromatic heterocycles. The summed E-state index contributed by atoms with van der Waals surface area (Å²) in [5.41, 5.74) is 8.43. The second-order valence-electron chi connectivity index (χ2n) is 5.82. The number of nitrogens with one attached hydrogen (secondary N) is 1. The lowest BCUT2D eigenvalue weighted by atomic mass is 10.0. The molecule has 3 rings (SSSR count). The molecule has 20 heavy (non-hydrogen) atoms. The van der Waals surface area contributed by atoms with Crippen molar-refractivity contribution in [2.45, 2.75) is 25.3 Å². The second kappa shape index (κ2) is 5.42. The lowest BCUT2D eigenvalue weighted by Gasteiger charge is -2.27. The number of fused-ring (bicyclic) bond motifs is 1. The Morgan fingerprint density at radius 3 is 3.00 bits per heavy atom. The fraction of sp³-hybridized carbons (Fsp3) is 0.533. The van der Waals surface area contributed by atoms with Gasteiger partial charge in [-0.3, -0.25) is 4.98 Å². The Morgan fingerprint density at radius 1 is 1.50 bits per heavy atom. The minimum absolute atomic E-state index is 0.332. The average molecular weight is 275 g/mol. The first-order chi connectivity index (χ1) is 9.65. The molecule has 0 radical (unpaired) electrons. The van der Waals surface area contributed by atoms with Gasteiger partial charge >= 0.3 is 5.76 Å². The van der Waals surface area contributed by atoms with Crippen LogP contribution in [0.15, 0.2) is 27.4 Å². The van der Waals surface area contributed by atoms with E-state index in [1.165, 1.54) is 12.8 Å². The van der Waals surface area contributed by atoms with E-state index >= 15 is 0 Å². The minimum atomic E-state index is -0.404. The topological polar surface area (TPSA) is 75.3 Å². The minimum Gasteiger partial charge on any atom is -0.408 e. The summed E-state index contributed by atoms with van der Waals surface area (Å²) in [6.07, 6.45) is 3.58. The number of oxazole rings is 1. The highest BCUT2D eigenvalue weighted by Gasteiger charge is 2.25. The molecule has 1 heterocycles. The van der Waals surface area contributed by atoms with Crippen molar-refractivity contribution in [3.63, 3.8) is 0 Å². The number of benzene rings is 1. The summed E-state index contributed by atoms with van der Waals surface area (Å²) < 4.78 is 5.10. The molecule has 1 atom stereocenters. The van der Waals surface area contributed by atoms with Crippen LogP contribution in [0, 0.1) is 5.92 Å². The molecule has 1 aliphatic rings. The summed E-state index contributed by atoms with van der Waals surface area (Å²) in [4.78, 5) is 16.2. The van der Waals surface area contributed by atoms with E-state index in [4.69, 9.17) is 10.2 Å². The molecule has 0 bridgehead atoms. The molecule has 0 unspecified atom stereocenters. The number of hydrogen-bond donors (Lipinski definition) is 2. The SMILES string of the molecule is CN(CC1CC1)[C@H](CN)Cc1ccc2[nH]c(=O)oc2c1. The number of hydrogen-bond acceptors (Lipinski definition) is 4. The summed E-state index contributed by atoms with van der Waals surface area (Å²) in [6, 6.07) is 6.19. The molecule has 5 nitrogen and oxygen atoms in total. The Balaban J connectivity index is 1.73. The van der Waals surface area contributed by atoms with Gasteiger partial charge in [-0.1, -0.05) is 6.07 Å². The molecule has 3 N–H and O–H groups in total. The van der Waals surface area contributed by atoms with Gasteiger partial charge in [0.2, 0.25) is 0 Å². The van der Waals surface area contributed by atoms with Gasteiger partial charge in [0.1, 0.15) is 0 Å². The fourth-order valence-electron chi connectivity index (χ4n) is 2.66. The number of aromatic nitrogens is 1. The molecule has 108 valence electrons. The van der Waals surface area contributed by atoms with Crippen molar-refractivity contribution >= 4 is 11.1 Å². The molecule has 0 saturated heterocycles. The van der Waals surface area contributed by atoms with Gasteiger partial charge in [0, 0.05) is 19.1 Å². The third-order valence-corrected chi connectivity index (χ3v) is 4.10. The number of nitrogens with zero attached hydrogens (tertiary/aromatic N) is 1. The van der Waals surface area contributed by atoms with Gasteiger partial charge in [0.25, 0.3) is 0 Å². The number of H-pyrrole nitrogens is 1. The molecule has 0 spiro atoms. The van der Waals surface area contributed by atoms with Gasteiger partial charge in [-0.15, -0.1) is 0 Å². The quantitative estimate of drug-likeness (QED) is 0.834. The van der Waals surface area contributed by atoms with Gasteiger partial charge in [-0.25, -0.2) is 4.79 Å². The normalized spacial score (nSPS) is 16.9. The van der Waals surface area contributed by atoms with Crippen LogP contribution in [0.2, 0.25) is 0 Å². The van der Waals surface area contributed by atoms with Crippen LogP contribution in [-0.4, -0.2) is 36.1 Å². The lowest BCUT2D eigenvalue weighted by Crippen LogP contribution is -2.40. The van der Waals surface area contributed by atoms with Crippen LogP contribution in [0.4, 0.5) is 0 Å². The first kappa shape index (κ1) is 13.4. The maximum atomic E-state index is 11.2. The zero-order chi connectivity index (χ0) is 14.1. The van der Waals surface area contributed by atoms with E-state index in [0.717, 1.165) is 30.0 Å². The van der Waals surface area contributed by atoms with E-state index in [1.807, 2.05) is 18.2 Å². The molecule has 1 aliphatic carbocycles. The number of aromatic amines is 1. The zero-order valence-electron chi connectivity index (χ0n) is 11.8. The van der Waals surface area contributed by atoms with Crippen molar-refractivity contribution in [2.24, 2.45) is 11.7 Å². The van der Waals surface area contributed by atoms with E-state index in [0.29, 0.717) is 18.2 Å². The molecule has 0 amide bonds. The Bertz CT molecular complexity index is 642. The maximum absolute atomic E-state index is 11.2. The standard InChI is InChI=1S/C15H21N3O2/c1-18(9-10-2-3-10)12(8-16)6-11-4-5-13-14(7-11)20-15(19)17-13/h4-5,7,10,12H,2-3,6,8-9,16H2,1H3,(H,17,19)/t12-/m0/s1. The van der Waals surface area contributed by atoms with Gasteiger partial charge < -0.3 is 15.1 Å². The largest absolute Gasteiger partial charge is 0.417 e. The molecule has 2 aromatic rings. The second-order valence-corrected chi connectivity index (χ2v) is 5.82. The Hall–Kier alpha value is -1.59. The predicted octanol–water partition coefficient (Wildman–Crippen LogP) is 1.33. The lowest BCUT2D eigenvalue weighted by molar-refractivity contribution is 0.236. The van der Waals surface area contributed by atoms with Crippen molar-refractivity contribution < 1.29 is 4.42 Å². The summed E-state index contributed by atoms with van der Waals surface area (Å²) in [5.74, 6) is 0.456. The number of nitrogens with two attached hydrogens (primary N) is 1. The Kier molecular flexibility index (Phi) is 3.63. The zero-order valence-corrected chi connectivity index (χ0v) is 11.8. The van der Waals surface area contributed by atoms with Crippen molar-refractivity contribution in [2.75, 3.05) is 20.1 Å². The summed E-state index contributed by atoms with van der Waals surface area (Å²) in [5, 5.41) is 0. The summed E-state index contributed by atoms with van der Waals surface area (Å²) in [6.45, 7) is 1.77. The third kappa shape index (κ3) is 2.94. The molecular weight excluding hydrogens is 254 g/mol. The molecular formula is C15H21N3O2. The van der Waals surface area contributed by atoms with Crippen LogP contribution in [0.25, 0.3) is 11.1 Å². The van der Waals surface area contributed by atoms with Gasteiger partial charge in [0.05, 0.1) is 5.52 Å². The molecule has 1 saturated carbocycles. The molecule has 5 heteroatoms. The Morgan fingerprint density at radius 2 is 2.30 bits per heavy atom. The predicted molar refractivity (Wildman–Crippen MR) is 78.7 cm³/mol. The summed E-state index contributed by atoms with van der Waals surface area (Å²) in [7, 11) is 2.14. The van der Waals surface area contributed by atoms with Gasteiger partial charge in [0.15, 0.2) is 5.58 Å². The van der Waals surface area contributed by atoms with Crippen LogP contribution < -0.4 is 11.5 Å². The van der Waals surface area contributed by atoms with E-state index in [1.54, 1.807) is 0 Å². The van der Waals surface area contributed by atoms with Crippen LogP contribution >= 0.6 is 0 Å².